The van der Waals surface area contributed by atoms with E-state index >= 15 is 0 Å². The molecule has 0 atom stereocenters. The van der Waals surface area contributed by atoms with Crippen molar-refractivity contribution in [2.24, 2.45) is 0 Å². The number of aryl methyl sites for hydroxylation is 1. The molecular weight excluding hydrogens is 252 g/mol. The van der Waals surface area contributed by atoms with Crippen LogP contribution in [0.25, 0.3) is 10.9 Å². The molecule has 4 nitrogen and oxygen atoms in total. The fourth-order valence-corrected chi connectivity index (χ4v) is 2.57. The zero-order chi connectivity index (χ0) is 14.7. The summed E-state index contributed by atoms with van der Waals surface area (Å²) in [5.74, 6) is -0.257. The number of aromatic amines is 1. The topological polar surface area (TPSA) is 45.3 Å². The maximum atomic E-state index is 12.1. The third-order valence-corrected chi connectivity index (χ3v) is 3.58. The number of rotatable bonds is 5. The Morgan fingerprint density at radius 1 is 1.25 bits per heavy atom. The first-order valence-corrected chi connectivity index (χ1v) is 7.16. The van der Waals surface area contributed by atoms with Gasteiger partial charge in [-0.25, -0.2) is 4.79 Å². The van der Waals surface area contributed by atoms with Crippen LogP contribution in [0.15, 0.2) is 18.2 Å². The van der Waals surface area contributed by atoms with E-state index in [9.17, 15) is 4.79 Å². The number of fused-ring (bicyclic) bond motifs is 1. The number of benzene rings is 1. The maximum absolute atomic E-state index is 12.1. The number of esters is 1. The van der Waals surface area contributed by atoms with Crippen LogP contribution in [0.3, 0.4) is 0 Å². The second-order valence-corrected chi connectivity index (χ2v) is 4.75. The van der Waals surface area contributed by atoms with Crippen molar-refractivity contribution in [2.75, 3.05) is 24.6 Å². The zero-order valence-corrected chi connectivity index (χ0v) is 12.6. The molecule has 4 heteroatoms. The summed E-state index contributed by atoms with van der Waals surface area (Å²) in [6.45, 7) is 10.3. The van der Waals surface area contributed by atoms with Crippen molar-refractivity contribution in [3.8, 4) is 0 Å². The van der Waals surface area contributed by atoms with Crippen LogP contribution in [0, 0.1) is 6.92 Å². The number of hydrogen-bond donors (Lipinski definition) is 1. The van der Waals surface area contributed by atoms with Gasteiger partial charge in [-0.15, -0.1) is 0 Å². The van der Waals surface area contributed by atoms with Crippen LogP contribution >= 0.6 is 0 Å². The minimum absolute atomic E-state index is 0.257. The van der Waals surface area contributed by atoms with E-state index < -0.39 is 0 Å². The van der Waals surface area contributed by atoms with Crippen LogP contribution in [0.4, 0.5) is 5.69 Å². The second-order valence-electron chi connectivity index (χ2n) is 4.75. The van der Waals surface area contributed by atoms with Gasteiger partial charge in [0, 0.05) is 35.4 Å². The highest BCUT2D eigenvalue weighted by Crippen LogP contribution is 2.27. The Balaban J connectivity index is 2.54. The third-order valence-electron chi connectivity index (χ3n) is 3.58. The van der Waals surface area contributed by atoms with Gasteiger partial charge in [-0.3, -0.25) is 0 Å². The van der Waals surface area contributed by atoms with E-state index in [1.165, 1.54) is 0 Å². The summed E-state index contributed by atoms with van der Waals surface area (Å²) in [7, 11) is 0. The number of anilines is 1. The molecule has 0 amide bonds. The number of H-pyrrole nitrogens is 1. The Morgan fingerprint density at radius 3 is 2.55 bits per heavy atom. The molecule has 2 rings (SSSR count). The monoisotopic (exact) mass is 274 g/mol. The average Bonchev–Trinajstić information content (AvgIpc) is 2.75. The first-order valence-electron chi connectivity index (χ1n) is 7.16. The highest BCUT2D eigenvalue weighted by molar-refractivity contribution is 6.06. The lowest BCUT2D eigenvalue weighted by molar-refractivity contribution is 0.0528. The number of ether oxygens (including phenoxy) is 1. The molecule has 0 aliphatic carbocycles. The molecule has 0 unspecified atom stereocenters. The van der Waals surface area contributed by atoms with Crippen LogP contribution in [-0.2, 0) is 4.74 Å². The van der Waals surface area contributed by atoms with E-state index in [0.717, 1.165) is 35.4 Å². The summed E-state index contributed by atoms with van der Waals surface area (Å²) < 4.78 is 5.16. The Morgan fingerprint density at radius 2 is 1.95 bits per heavy atom. The van der Waals surface area contributed by atoms with Crippen molar-refractivity contribution in [3.05, 3.63) is 29.5 Å². The van der Waals surface area contributed by atoms with E-state index in [0.29, 0.717) is 12.2 Å². The molecule has 0 aliphatic rings. The van der Waals surface area contributed by atoms with Gasteiger partial charge in [0.1, 0.15) is 0 Å². The van der Waals surface area contributed by atoms with Gasteiger partial charge in [-0.1, -0.05) is 0 Å². The van der Waals surface area contributed by atoms with Crippen molar-refractivity contribution in [3.63, 3.8) is 0 Å². The lowest BCUT2D eigenvalue weighted by atomic mass is 10.1. The molecule has 1 aromatic carbocycles. The summed E-state index contributed by atoms with van der Waals surface area (Å²) >= 11 is 0. The number of carbonyl (C=O) groups excluding carboxylic acids is 1. The molecule has 2 aromatic rings. The highest BCUT2D eigenvalue weighted by atomic mass is 16.5. The van der Waals surface area contributed by atoms with Gasteiger partial charge in [0.25, 0.3) is 0 Å². The van der Waals surface area contributed by atoms with E-state index in [4.69, 9.17) is 4.74 Å². The first-order chi connectivity index (χ1) is 9.62. The van der Waals surface area contributed by atoms with Crippen LogP contribution in [0.1, 0.15) is 36.8 Å². The van der Waals surface area contributed by atoms with Gasteiger partial charge in [0.05, 0.1) is 12.2 Å². The van der Waals surface area contributed by atoms with Gasteiger partial charge < -0.3 is 14.6 Å². The molecule has 0 bridgehead atoms. The van der Waals surface area contributed by atoms with Crippen molar-refractivity contribution in [1.82, 2.24) is 4.98 Å². The minimum atomic E-state index is -0.257. The highest BCUT2D eigenvalue weighted by Gasteiger charge is 2.18. The molecule has 0 aliphatic heterocycles. The number of nitrogens with zero attached hydrogens (tertiary/aromatic N) is 1. The fourth-order valence-electron chi connectivity index (χ4n) is 2.57. The molecule has 20 heavy (non-hydrogen) atoms. The summed E-state index contributed by atoms with van der Waals surface area (Å²) in [5.41, 5.74) is 3.61. The van der Waals surface area contributed by atoms with Crippen molar-refractivity contribution in [1.29, 1.82) is 0 Å². The summed E-state index contributed by atoms with van der Waals surface area (Å²) in [5, 5.41) is 0.936. The largest absolute Gasteiger partial charge is 0.462 e. The molecule has 108 valence electrons. The molecule has 1 N–H and O–H groups in total. The van der Waals surface area contributed by atoms with Gasteiger partial charge >= 0.3 is 5.97 Å². The fraction of sp³-hybridized carbons (Fsp3) is 0.438. The van der Waals surface area contributed by atoms with E-state index in [1.54, 1.807) is 0 Å². The van der Waals surface area contributed by atoms with Crippen LogP contribution in [-0.4, -0.2) is 30.6 Å². The first kappa shape index (κ1) is 14.4. The van der Waals surface area contributed by atoms with Crippen LogP contribution in [0.5, 0.6) is 0 Å². The third kappa shape index (κ3) is 2.50. The lowest BCUT2D eigenvalue weighted by Crippen LogP contribution is -2.21. The van der Waals surface area contributed by atoms with Crippen LogP contribution in [0.2, 0.25) is 0 Å². The van der Waals surface area contributed by atoms with E-state index in [2.05, 4.69) is 35.9 Å². The van der Waals surface area contributed by atoms with E-state index in [-0.39, 0.29) is 5.97 Å². The lowest BCUT2D eigenvalue weighted by Gasteiger charge is -2.21. The van der Waals surface area contributed by atoms with Gasteiger partial charge in [-0.2, -0.15) is 0 Å². The molecule has 0 spiro atoms. The van der Waals surface area contributed by atoms with Gasteiger partial charge in [0.2, 0.25) is 0 Å². The Hall–Kier alpha value is -1.97. The van der Waals surface area contributed by atoms with Gasteiger partial charge in [-0.05, 0) is 45.9 Å². The van der Waals surface area contributed by atoms with Crippen LogP contribution < -0.4 is 4.90 Å². The predicted octanol–water partition coefficient (Wildman–Crippen LogP) is 3.50. The molecule has 0 saturated heterocycles. The molecule has 1 heterocycles. The summed E-state index contributed by atoms with van der Waals surface area (Å²) in [6.07, 6.45) is 0. The van der Waals surface area contributed by atoms with Gasteiger partial charge in [0.15, 0.2) is 0 Å². The van der Waals surface area contributed by atoms with Crippen molar-refractivity contribution >= 4 is 22.6 Å². The molecule has 1 aromatic heterocycles. The molecule has 0 saturated carbocycles. The Bertz CT molecular complexity index is 612. The van der Waals surface area contributed by atoms with E-state index in [1.807, 2.05) is 19.9 Å². The zero-order valence-electron chi connectivity index (χ0n) is 12.6. The normalized spacial score (nSPS) is 10.8. The standard InChI is InChI=1S/C16H22N2O2/c1-5-18(6-2)12-8-9-14-13(10-12)15(11(4)17-14)16(19)20-7-3/h8-10,17H,5-7H2,1-4H3. The number of carbonyl (C=O) groups is 1. The minimum Gasteiger partial charge on any atom is -0.462 e. The van der Waals surface area contributed by atoms with Crippen molar-refractivity contribution in [2.45, 2.75) is 27.7 Å². The number of nitrogens with one attached hydrogen (secondary N) is 1. The number of hydrogen-bond acceptors (Lipinski definition) is 3. The number of aromatic nitrogens is 1. The quantitative estimate of drug-likeness (QED) is 0.849. The molecule has 0 radical (unpaired) electrons. The summed E-state index contributed by atoms with van der Waals surface area (Å²) in [6, 6.07) is 6.18. The Labute approximate surface area is 119 Å². The SMILES string of the molecule is CCOC(=O)c1c(C)[nH]c2ccc(N(CC)CC)cc12. The Kier molecular flexibility index (Phi) is 4.32. The molecule has 0 fully saturated rings. The predicted molar refractivity (Wildman–Crippen MR) is 82.6 cm³/mol. The smallest absolute Gasteiger partial charge is 0.340 e. The van der Waals surface area contributed by atoms with Crippen molar-refractivity contribution < 1.29 is 9.53 Å². The maximum Gasteiger partial charge on any atom is 0.340 e. The average molecular weight is 274 g/mol. The second kappa shape index (κ2) is 5.99. The molecular formula is C16H22N2O2. The summed E-state index contributed by atoms with van der Waals surface area (Å²) in [4.78, 5) is 17.6.